The van der Waals surface area contributed by atoms with Gasteiger partial charge in [-0.1, -0.05) is 12.1 Å². The van der Waals surface area contributed by atoms with Crippen LogP contribution in [0.4, 0.5) is 0 Å². The predicted molar refractivity (Wildman–Crippen MR) is 92.0 cm³/mol. The third kappa shape index (κ3) is 4.56. The minimum Gasteiger partial charge on any atom is -0.488 e. The van der Waals surface area contributed by atoms with E-state index in [0.717, 1.165) is 4.88 Å². The summed E-state index contributed by atoms with van der Waals surface area (Å²) in [5, 5.41) is 4.59. The Kier molecular flexibility index (Phi) is 5.94. The summed E-state index contributed by atoms with van der Waals surface area (Å²) in [5.74, 6) is -0.513. The Balaban J connectivity index is 2.06. The molecule has 1 aromatic carbocycles. The van der Waals surface area contributed by atoms with Crippen LogP contribution in [-0.2, 0) is 16.1 Å². The van der Waals surface area contributed by atoms with Gasteiger partial charge in [0, 0.05) is 17.6 Å². The summed E-state index contributed by atoms with van der Waals surface area (Å²) in [5.41, 5.74) is 4.46. The monoisotopic (exact) mass is 348 g/mol. The summed E-state index contributed by atoms with van der Waals surface area (Å²) in [6.45, 7) is 1.95. The number of carbonyl (C=O) groups excluding carboxylic acids is 2. The lowest BCUT2D eigenvalue weighted by atomic mass is 10.0. The molecule has 3 N–H and O–H groups in total. The first kappa shape index (κ1) is 18.0. The summed E-state index contributed by atoms with van der Waals surface area (Å²) >= 11 is 1.60. The standard InChI is InChI=1S/C17H20N2O4S/c1-17(11-22-2,16(18)21)19-15(20)12-5-3-6-13(9-12)23-10-14-7-4-8-24-14/h3-9H,10-11H2,1-2H3,(H2,18,21)(H,19,20)/t17-/m1/s1. The smallest absolute Gasteiger partial charge is 0.252 e. The molecule has 0 fully saturated rings. The maximum absolute atomic E-state index is 12.4. The van der Waals surface area contributed by atoms with Crippen LogP contribution in [0.3, 0.4) is 0 Å². The summed E-state index contributed by atoms with van der Waals surface area (Å²) in [6.07, 6.45) is 0. The van der Waals surface area contributed by atoms with Gasteiger partial charge in [0.05, 0.1) is 6.61 Å². The van der Waals surface area contributed by atoms with E-state index < -0.39 is 17.4 Å². The lowest BCUT2D eigenvalue weighted by molar-refractivity contribution is -0.125. The molecule has 128 valence electrons. The lowest BCUT2D eigenvalue weighted by Gasteiger charge is -2.26. The van der Waals surface area contributed by atoms with Crippen LogP contribution in [0, 0.1) is 0 Å². The largest absolute Gasteiger partial charge is 0.488 e. The maximum atomic E-state index is 12.4. The van der Waals surface area contributed by atoms with E-state index in [9.17, 15) is 9.59 Å². The molecule has 2 rings (SSSR count). The fourth-order valence-electron chi connectivity index (χ4n) is 2.06. The van der Waals surface area contributed by atoms with Gasteiger partial charge >= 0.3 is 0 Å². The number of ether oxygens (including phenoxy) is 2. The van der Waals surface area contributed by atoms with Crippen molar-refractivity contribution < 1.29 is 19.1 Å². The number of nitrogens with two attached hydrogens (primary N) is 1. The molecule has 0 saturated heterocycles. The highest BCUT2D eigenvalue weighted by Crippen LogP contribution is 2.18. The molecule has 0 aliphatic rings. The van der Waals surface area contributed by atoms with Gasteiger partial charge in [-0.05, 0) is 36.6 Å². The summed E-state index contributed by atoms with van der Waals surface area (Å²) in [6, 6.07) is 10.7. The number of methoxy groups -OCH3 is 1. The molecule has 24 heavy (non-hydrogen) atoms. The van der Waals surface area contributed by atoms with Crippen LogP contribution in [-0.4, -0.2) is 31.1 Å². The van der Waals surface area contributed by atoms with Crippen molar-refractivity contribution in [2.75, 3.05) is 13.7 Å². The number of nitrogens with one attached hydrogen (secondary N) is 1. The highest BCUT2D eigenvalue weighted by atomic mass is 32.1. The summed E-state index contributed by atoms with van der Waals surface area (Å²) < 4.78 is 10.6. The Morgan fingerprint density at radius 2 is 2.08 bits per heavy atom. The van der Waals surface area contributed by atoms with Gasteiger partial charge in [0.25, 0.3) is 5.91 Å². The molecule has 0 spiro atoms. The van der Waals surface area contributed by atoms with Crippen molar-refractivity contribution in [1.82, 2.24) is 5.32 Å². The SMILES string of the molecule is COC[C@@](C)(NC(=O)c1cccc(OCc2cccs2)c1)C(N)=O. The van der Waals surface area contributed by atoms with Crippen LogP contribution in [0.5, 0.6) is 5.75 Å². The van der Waals surface area contributed by atoms with Crippen LogP contribution in [0.1, 0.15) is 22.2 Å². The van der Waals surface area contributed by atoms with Gasteiger partial charge in [0.1, 0.15) is 17.9 Å². The topological polar surface area (TPSA) is 90.7 Å². The van der Waals surface area contributed by atoms with Crippen molar-refractivity contribution in [2.24, 2.45) is 5.73 Å². The number of amides is 2. The lowest BCUT2D eigenvalue weighted by Crippen LogP contribution is -2.58. The van der Waals surface area contributed by atoms with E-state index in [1.54, 1.807) is 35.6 Å². The van der Waals surface area contributed by atoms with Crippen LogP contribution in [0.15, 0.2) is 41.8 Å². The van der Waals surface area contributed by atoms with Crippen molar-refractivity contribution in [3.8, 4) is 5.75 Å². The number of primary amides is 1. The highest BCUT2D eigenvalue weighted by molar-refractivity contribution is 7.09. The molecule has 0 unspecified atom stereocenters. The molecule has 1 aromatic heterocycles. The van der Waals surface area contributed by atoms with Crippen LogP contribution in [0.25, 0.3) is 0 Å². The molecular formula is C17H20N2O4S. The number of benzene rings is 1. The van der Waals surface area contributed by atoms with Crippen molar-refractivity contribution >= 4 is 23.2 Å². The molecular weight excluding hydrogens is 328 g/mol. The summed E-state index contributed by atoms with van der Waals surface area (Å²) in [7, 11) is 1.44. The van der Waals surface area contributed by atoms with Gasteiger partial charge in [-0.25, -0.2) is 0 Å². The quantitative estimate of drug-likeness (QED) is 0.763. The molecule has 7 heteroatoms. The zero-order valence-electron chi connectivity index (χ0n) is 13.6. The zero-order valence-corrected chi connectivity index (χ0v) is 14.4. The molecule has 1 heterocycles. The Hall–Kier alpha value is -2.38. The molecule has 0 bridgehead atoms. The van der Waals surface area contributed by atoms with E-state index in [0.29, 0.717) is 17.9 Å². The highest BCUT2D eigenvalue weighted by Gasteiger charge is 2.33. The average Bonchev–Trinajstić information content (AvgIpc) is 3.06. The van der Waals surface area contributed by atoms with Gasteiger partial charge in [0.2, 0.25) is 5.91 Å². The van der Waals surface area contributed by atoms with Gasteiger partial charge in [-0.2, -0.15) is 0 Å². The van der Waals surface area contributed by atoms with E-state index in [-0.39, 0.29) is 6.61 Å². The Morgan fingerprint density at radius 1 is 1.29 bits per heavy atom. The molecule has 1 atom stereocenters. The zero-order chi connectivity index (χ0) is 17.6. The fraction of sp³-hybridized carbons (Fsp3) is 0.294. The molecule has 6 nitrogen and oxygen atoms in total. The second-order valence-corrected chi connectivity index (χ2v) is 6.51. The molecule has 2 aromatic rings. The first-order chi connectivity index (χ1) is 11.4. The van der Waals surface area contributed by atoms with Crippen LogP contribution in [0.2, 0.25) is 0 Å². The second kappa shape index (κ2) is 7.94. The molecule has 2 amide bonds. The summed E-state index contributed by atoms with van der Waals surface area (Å²) in [4.78, 5) is 25.1. The van der Waals surface area contributed by atoms with Crippen molar-refractivity contribution in [3.63, 3.8) is 0 Å². The van der Waals surface area contributed by atoms with E-state index in [1.807, 2.05) is 17.5 Å². The number of rotatable bonds is 8. The van der Waals surface area contributed by atoms with Gasteiger partial charge in [0.15, 0.2) is 0 Å². The third-order valence-corrected chi connectivity index (χ3v) is 4.27. The van der Waals surface area contributed by atoms with Gasteiger partial charge < -0.3 is 20.5 Å². The Bertz CT molecular complexity index is 702. The van der Waals surface area contributed by atoms with Crippen LogP contribution >= 0.6 is 11.3 Å². The van der Waals surface area contributed by atoms with Gasteiger partial charge in [-0.3, -0.25) is 9.59 Å². The average molecular weight is 348 g/mol. The van der Waals surface area contributed by atoms with Crippen molar-refractivity contribution in [1.29, 1.82) is 0 Å². The number of thiophene rings is 1. The van der Waals surface area contributed by atoms with Crippen molar-refractivity contribution in [2.45, 2.75) is 19.1 Å². The first-order valence-corrected chi connectivity index (χ1v) is 8.19. The molecule has 0 radical (unpaired) electrons. The number of carbonyl (C=O) groups is 2. The third-order valence-electron chi connectivity index (χ3n) is 3.42. The predicted octanol–water partition coefficient (Wildman–Crippen LogP) is 1.95. The van der Waals surface area contributed by atoms with E-state index in [2.05, 4.69) is 5.32 Å². The van der Waals surface area contributed by atoms with Gasteiger partial charge in [-0.15, -0.1) is 11.3 Å². The molecule has 0 aliphatic carbocycles. The molecule has 0 saturated carbocycles. The Labute approximate surface area is 144 Å². The van der Waals surface area contributed by atoms with Crippen LogP contribution < -0.4 is 15.8 Å². The minimum absolute atomic E-state index is 0.0113. The second-order valence-electron chi connectivity index (χ2n) is 5.48. The van der Waals surface area contributed by atoms with E-state index in [4.69, 9.17) is 15.2 Å². The normalized spacial score (nSPS) is 13.1. The molecule has 0 aliphatic heterocycles. The number of hydrogen-bond donors (Lipinski definition) is 2. The minimum atomic E-state index is -1.28. The first-order valence-electron chi connectivity index (χ1n) is 7.31. The van der Waals surface area contributed by atoms with E-state index in [1.165, 1.54) is 14.0 Å². The fourth-order valence-corrected chi connectivity index (χ4v) is 2.67. The number of hydrogen-bond acceptors (Lipinski definition) is 5. The Morgan fingerprint density at radius 3 is 2.71 bits per heavy atom. The van der Waals surface area contributed by atoms with Crippen molar-refractivity contribution in [3.05, 3.63) is 52.2 Å². The van der Waals surface area contributed by atoms with E-state index >= 15 is 0 Å². The maximum Gasteiger partial charge on any atom is 0.252 e.